The maximum Gasteiger partial charge on any atom is 0.432 e. The number of alkyl halides is 5. The molecule has 0 heterocycles. The zero-order valence-corrected chi connectivity index (χ0v) is 24.0. The molecule has 41 heavy (non-hydrogen) atoms. The van der Waals surface area contributed by atoms with Crippen molar-refractivity contribution in [1.29, 1.82) is 0 Å². The van der Waals surface area contributed by atoms with Gasteiger partial charge in [0.05, 0.1) is 0 Å². The van der Waals surface area contributed by atoms with E-state index in [4.69, 9.17) is 4.55 Å². The minimum absolute atomic E-state index is 0.0581. The van der Waals surface area contributed by atoms with Crippen molar-refractivity contribution in [3.05, 3.63) is 0 Å². The minimum Gasteiger partial charge on any atom is -0.445 e. The van der Waals surface area contributed by atoms with Crippen LogP contribution in [-0.4, -0.2) is 53.8 Å². The van der Waals surface area contributed by atoms with Gasteiger partial charge in [0.1, 0.15) is 17.3 Å². The van der Waals surface area contributed by atoms with Crippen LogP contribution in [0.4, 0.5) is 22.0 Å². The Bertz CT molecular complexity index is 1150. The molecule has 0 radical (unpaired) electrons. The summed E-state index contributed by atoms with van der Waals surface area (Å²) in [5.41, 5.74) is -0.323. The smallest absolute Gasteiger partial charge is 0.432 e. The number of carbonyl (C=O) groups is 4. The standard InChI is InChI=1S/C27H37F5O8S/c1-14(7-8-23(36)40-24(26(28,29)30)27(31,32)41(37,38)39)18-5-4-6-19-20(13-21(34)15(18)2)25(3)10-9-17(33)11-16(25)12-22(19)35/h14-16,18-20,24H,4-13H2,1-3H3,(H,37,38,39)/t14?,15-,16+,18-,19+,20-,24?,25+/m0/s1. The summed E-state index contributed by atoms with van der Waals surface area (Å²) in [6.45, 7) is 5.47. The van der Waals surface area contributed by atoms with Gasteiger partial charge < -0.3 is 4.74 Å². The van der Waals surface area contributed by atoms with Crippen molar-refractivity contribution in [1.82, 2.24) is 0 Å². The highest BCUT2D eigenvalue weighted by Crippen LogP contribution is 2.56. The number of halogens is 5. The maximum atomic E-state index is 13.7. The first kappa shape index (κ1) is 33.5. The van der Waals surface area contributed by atoms with Gasteiger partial charge in [-0.2, -0.15) is 30.4 Å². The van der Waals surface area contributed by atoms with Crippen LogP contribution in [0.1, 0.15) is 85.0 Å². The van der Waals surface area contributed by atoms with Crippen molar-refractivity contribution >= 4 is 33.4 Å². The largest absolute Gasteiger partial charge is 0.445 e. The molecule has 3 rings (SSSR count). The molecule has 3 fully saturated rings. The summed E-state index contributed by atoms with van der Waals surface area (Å²) in [7, 11) is -6.54. The molecule has 1 N–H and O–H groups in total. The highest BCUT2D eigenvalue weighted by atomic mass is 32.2. The van der Waals surface area contributed by atoms with E-state index in [2.05, 4.69) is 11.7 Å². The number of ketones is 3. The summed E-state index contributed by atoms with van der Waals surface area (Å²) in [5.74, 6) is -3.52. The predicted molar refractivity (Wildman–Crippen MR) is 134 cm³/mol. The van der Waals surface area contributed by atoms with E-state index in [1.807, 2.05) is 0 Å². The Kier molecular flexibility index (Phi) is 9.79. The Morgan fingerprint density at radius 2 is 1.71 bits per heavy atom. The molecule has 0 aliphatic heterocycles. The lowest BCUT2D eigenvalue weighted by Crippen LogP contribution is -2.52. The van der Waals surface area contributed by atoms with Gasteiger partial charge in [-0.3, -0.25) is 23.7 Å². The fourth-order valence-electron chi connectivity index (χ4n) is 7.29. The molecule has 3 saturated carbocycles. The average molecular weight is 617 g/mol. The quantitative estimate of drug-likeness (QED) is 0.231. The fourth-order valence-corrected chi connectivity index (χ4v) is 7.74. The molecule has 0 amide bonds. The molecule has 2 unspecified atom stereocenters. The molecule has 14 heteroatoms. The molecule has 0 bridgehead atoms. The number of hydrogen-bond acceptors (Lipinski definition) is 7. The van der Waals surface area contributed by atoms with Crippen LogP contribution in [0.5, 0.6) is 0 Å². The first-order valence-corrected chi connectivity index (χ1v) is 15.3. The van der Waals surface area contributed by atoms with Crippen LogP contribution in [0.3, 0.4) is 0 Å². The lowest BCUT2D eigenvalue weighted by Gasteiger charge is -2.52. The number of ether oxygens (including phenoxy) is 1. The van der Waals surface area contributed by atoms with Crippen LogP contribution in [0.15, 0.2) is 0 Å². The van der Waals surface area contributed by atoms with Gasteiger partial charge in [0.15, 0.2) is 0 Å². The van der Waals surface area contributed by atoms with E-state index in [1.54, 1.807) is 13.8 Å². The average Bonchev–Trinajstić information content (AvgIpc) is 2.90. The Morgan fingerprint density at radius 1 is 1.07 bits per heavy atom. The molecule has 3 aliphatic carbocycles. The molecule has 8 nitrogen and oxygen atoms in total. The van der Waals surface area contributed by atoms with Gasteiger partial charge >= 0.3 is 27.5 Å². The van der Waals surface area contributed by atoms with E-state index in [1.165, 1.54) is 0 Å². The third-order valence-corrected chi connectivity index (χ3v) is 10.8. The number of fused-ring (bicyclic) bond motifs is 3. The number of hydrogen-bond donors (Lipinski definition) is 1. The molecular formula is C27H37F5O8S. The van der Waals surface area contributed by atoms with Gasteiger partial charge in [-0.05, 0) is 54.8 Å². The Balaban J connectivity index is 1.71. The van der Waals surface area contributed by atoms with Gasteiger partial charge in [0, 0.05) is 43.9 Å². The third kappa shape index (κ3) is 7.00. The van der Waals surface area contributed by atoms with Crippen LogP contribution in [0.2, 0.25) is 0 Å². The van der Waals surface area contributed by atoms with E-state index in [9.17, 15) is 49.5 Å². The lowest BCUT2D eigenvalue weighted by atomic mass is 9.50. The second kappa shape index (κ2) is 12.0. The summed E-state index contributed by atoms with van der Waals surface area (Å²) in [5, 5.41) is -5.80. The van der Waals surface area contributed by atoms with Crippen LogP contribution >= 0.6 is 0 Å². The van der Waals surface area contributed by atoms with Crippen molar-refractivity contribution in [2.45, 2.75) is 103 Å². The first-order chi connectivity index (χ1) is 18.7. The zero-order chi connectivity index (χ0) is 31.1. The van der Waals surface area contributed by atoms with E-state index in [0.717, 1.165) is 0 Å². The molecule has 0 saturated heterocycles. The van der Waals surface area contributed by atoms with Crippen LogP contribution in [-0.2, 0) is 34.0 Å². The van der Waals surface area contributed by atoms with Gasteiger partial charge in [0.2, 0.25) is 0 Å². The van der Waals surface area contributed by atoms with Gasteiger partial charge in [-0.25, -0.2) is 0 Å². The lowest BCUT2D eigenvalue weighted by molar-refractivity contribution is -0.259. The highest BCUT2D eigenvalue weighted by Gasteiger charge is 2.66. The second-order valence-electron chi connectivity index (χ2n) is 12.3. The van der Waals surface area contributed by atoms with E-state index >= 15 is 0 Å². The van der Waals surface area contributed by atoms with Gasteiger partial charge in [0.25, 0.3) is 6.10 Å². The van der Waals surface area contributed by atoms with Crippen LogP contribution < -0.4 is 0 Å². The maximum absolute atomic E-state index is 13.7. The minimum atomic E-state index is -6.54. The first-order valence-electron chi connectivity index (χ1n) is 13.9. The number of carbonyl (C=O) groups excluding carboxylic acids is 4. The zero-order valence-electron chi connectivity index (χ0n) is 23.2. The summed E-state index contributed by atoms with van der Waals surface area (Å²) >= 11 is 0. The molecule has 0 spiro atoms. The summed E-state index contributed by atoms with van der Waals surface area (Å²) in [6.07, 6.45) is -7.81. The van der Waals surface area contributed by atoms with E-state index in [-0.39, 0.29) is 59.3 Å². The summed E-state index contributed by atoms with van der Waals surface area (Å²) < 4.78 is 101. The highest BCUT2D eigenvalue weighted by molar-refractivity contribution is 7.86. The molecule has 234 valence electrons. The molecule has 0 aromatic rings. The van der Waals surface area contributed by atoms with Crippen LogP contribution in [0.25, 0.3) is 0 Å². The molecule has 0 aromatic heterocycles. The number of esters is 1. The number of Topliss-reactive ketones (excluding diaryl/α,β-unsaturated/α-hetero) is 3. The molecule has 0 aromatic carbocycles. The van der Waals surface area contributed by atoms with Crippen molar-refractivity contribution in [3.63, 3.8) is 0 Å². The second-order valence-corrected chi connectivity index (χ2v) is 13.8. The van der Waals surface area contributed by atoms with Gasteiger partial charge in [-0.1, -0.05) is 27.2 Å². The van der Waals surface area contributed by atoms with Crippen LogP contribution in [0, 0.1) is 40.9 Å². The van der Waals surface area contributed by atoms with E-state index < -0.39 is 51.9 Å². The topological polar surface area (TPSA) is 132 Å². The fraction of sp³-hybridized carbons (Fsp3) is 0.852. The monoisotopic (exact) mass is 616 g/mol. The Morgan fingerprint density at radius 3 is 2.29 bits per heavy atom. The SMILES string of the molecule is CC(CCC(=O)OC(C(F)(F)F)C(F)(F)S(=O)(=O)O)[C@@H]1CCC[C@H]2C(=O)C[C@H]3CC(=O)CC[C@@]3(C)[C@H]2CC(=O)[C@H]1C. The molecule has 8 atom stereocenters. The number of rotatable bonds is 7. The van der Waals surface area contributed by atoms with Gasteiger partial charge in [-0.15, -0.1) is 0 Å². The Labute approximate surface area is 235 Å². The summed E-state index contributed by atoms with van der Waals surface area (Å²) in [4.78, 5) is 50.9. The normalized spacial score (nSPS) is 33.5. The summed E-state index contributed by atoms with van der Waals surface area (Å²) in [6, 6.07) is 0. The molecule has 3 aliphatic rings. The van der Waals surface area contributed by atoms with Crippen molar-refractivity contribution in [2.75, 3.05) is 0 Å². The van der Waals surface area contributed by atoms with Crippen molar-refractivity contribution in [2.24, 2.45) is 40.9 Å². The van der Waals surface area contributed by atoms with Crippen molar-refractivity contribution in [3.8, 4) is 0 Å². The predicted octanol–water partition coefficient (Wildman–Crippen LogP) is 5.33. The molecular weight excluding hydrogens is 579 g/mol. The van der Waals surface area contributed by atoms with Crippen molar-refractivity contribution < 1.29 is 58.8 Å². The Hall–Kier alpha value is -1.96. The third-order valence-electron chi connectivity index (χ3n) is 9.90. The van der Waals surface area contributed by atoms with E-state index in [0.29, 0.717) is 44.9 Å².